The molecule has 0 saturated heterocycles. The zero-order valence-electron chi connectivity index (χ0n) is 16.5. The van der Waals surface area contributed by atoms with Gasteiger partial charge in [0, 0.05) is 12.5 Å². The molecule has 0 fully saturated rings. The maximum Gasteiger partial charge on any atom is 0.434 e. The molecule has 0 spiro atoms. The van der Waals surface area contributed by atoms with Crippen molar-refractivity contribution in [1.29, 1.82) is 0 Å². The predicted octanol–water partition coefficient (Wildman–Crippen LogP) is 5.05. The minimum absolute atomic E-state index is 0.0976. The Morgan fingerprint density at radius 1 is 1.17 bits per heavy atom. The summed E-state index contributed by atoms with van der Waals surface area (Å²) in [6.45, 7) is 2.14. The summed E-state index contributed by atoms with van der Waals surface area (Å²) in [5, 5.41) is 6.57. The van der Waals surface area contributed by atoms with Crippen molar-refractivity contribution in [2.45, 2.75) is 38.3 Å². The zero-order valence-corrected chi connectivity index (χ0v) is 16.5. The van der Waals surface area contributed by atoms with E-state index in [-0.39, 0.29) is 11.6 Å². The van der Waals surface area contributed by atoms with Crippen LogP contribution < -0.4 is 5.32 Å². The highest BCUT2D eigenvalue weighted by Gasteiger charge is 2.40. The van der Waals surface area contributed by atoms with E-state index in [2.05, 4.69) is 16.5 Å². The van der Waals surface area contributed by atoms with Crippen LogP contribution in [0.5, 0.6) is 0 Å². The number of nitrogens with zero attached hydrogens (tertiary/aromatic N) is 2. The molecule has 30 heavy (non-hydrogen) atoms. The molecule has 1 unspecified atom stereocenters. The molecular formula is C23H22F3N3O. The SMILES string of the molecule is Cc1ccc(-n2ncc(C(=O)NCC3CCCc4ccccc43)c2C(F)(F)F)cc1. The fraction of sp³-hybridized carbons (Fsp3) is 0.304. The maximum absolute atomic E-state index is 13.8. The first-order valence-electron chi connectivity index (χ1n) is 9.93. The lowest BCUT2D eigenvalue weighted by Gasteiger charge is -2.25. The Balaban J connectivity index is 1.58. The number of rotatable bonds is 4. The summed E-state index contributed by atoms with van der Waals surface area (Å²) in [7, 11) is 0. The van der Waals surface area contributed by atoms with E-state index >= 15 is 0 Å². The van der Waals surface area contributed by atoms with Gasteiger partial charge >= 0.3 is 6.18 Å². The predicted molar refractivity (Wildman–Crippen MR) is 108 cm³/mol. The average Bonchev–Trinajstić information content (AvgIpc) is 3.18. The Kier molecular flexibility index (Phi) is 5.37. The molecule has 2 aromatic carbocycles. The van der Waals surface area contributed by atoms with E-state index in [1.165, 1.54) is 5.56 Å². The number of aromatic nitrogens is 2. The topological polar surface area (TPSA) is 46.9 Å². The van der Waals surface area contributed by atoms with Crippen molar-refractivity contribution in [2.24, 2.45) is 0 Å². The van der Waals surface area contributed by atoms with Gasteiger partial charge < -0.3 is 5.32 Å². The standard InChI is InChI=1S/C23H22F3N3O/c1-15-9-11-18(12-10-15)29-21(23(24,25)26)20(14-28-29)22(30)27-13-17-7-4-6-16-5-2-3-8-19(16)17/h2-3,5,8-12,14,17H,4,6-7,13H2,1H3,(H,27,30). The molecule has 1 aromatic heterocycles. The van der Waals surface area contributed by atoms with Crippen molar-refractivity contribution in [3.05, 3.63) is 82.7 Å². The molecule has 7 heteroatoms. The van der Waals surface area contributed by atoms with Crippen LogP contribution >= 0.6 is 0 Å². The normalized spacial score (nSPS) is 16.2. The second kappa shape index (κ2) is 7.97. The summed E-state index contributed by atoms with van der Waals surface area (Å²) in [6, 6.07) is 14.5. The van der Waals surface area contributed by atoms with Gasteiger partial charge in [0.05, 0.1) is 17.4 Å². The van der Waals surface area contributed by atoms with Crippen LogP contribution in [0.3, 0.4) is 0 Å². The number of benzene rings is 2. The molecule has 4 nitrogen and oxygen atoms in total. The van der Waals surface area contributed by atoms with Crippen LogP contribution in [0.2, 0.25) is 0 Å². The fourth-order valence-corrected chi connectivity index (χ4v) is 4.05. The monoisotopic (exact) mass is 413 g/mol. The summed E-state index contributed by atoms with van der Waals surface area (Å²) >= 11 is 0. The average molecular weight is 413 g/mol. The second-order valence-corrected chi connectivity index (χ2v) is 7.65. The first kappa shape index (κ1) is 20.2. The van der Waals surface area contributed by atoms with Gasteiger partial charge in [0.1, 0.15) is 0 Å². The summed E-state index contributed by atoms with van der Waals surface area (Å²) < 4.78 is 42.2. The number of amides is 1. The summed E-state index contributed by atoms with van der Waals surface area (Å²) in [4.78, 5) is 12.7. The zero-order chi connectivity index (χ0) is 21.3. The molecule has 0 saturated carbocycles. The molecule has 1 N–H and O–H groups in total. The first-order valence-corrected chi connectivity index (χ1v) is 9.93. The molecule has 1 aliphatic carbocycles. The van der Waals surface area contributed by atoms with Crippen LogP contribution in [0, 0.1) is 6.92 Å². The van der Waals surface area contributed by atoms with Crippen LogP contribution in [0.15, 0.2) is 54.7 Å². The van der Waals surface area contributed by atoms with E-state index in [0.29, 0.717) is 6.54 Å². The number of carbonyl (C=O) groups excluding carboxylic acids is 1. The second-order valence-electron chi connectivity index (χ2n) is 7.65. The van der Waals surface area contributed by atoms with Gasteiger partial charge in [0.25, 0.3) is 5.91 Å². The number of hydrogen-bond acceptors (Lipinski definition) is 2. The minimum Gasteiger partial charge on any atom is -0.351 e. The van der Waals surface area contributed by atoms with Crippen LogP contribution in [-0.4, -0.2) is 22.2 Å². The van der Waals surface area contributed by atoms with Gasteiger partial charge in [0.15, 0.2) is 5.69 Å². The van der Waals surface area contributed by atoms with E-state index in [1.807, 2.05) is 25.1 Å². The summed E-state index contributed by atoms with van der Waals surface area (Å²) in [6.07, 6.45) is -0.844. The number of aryl methyl sites for hydroxylation is 2. The minimum atomic E-state index is -4.72. The van der Waals surface area contributed by atoms with Gasteiger partial charge in [-0.05, 0) is 49.4 Å². The van der Waals surface area contributed by atoms with Crippen molar-refractivity contribution in [2.75, 3.05) is 6.54 Å². The molecule has 4 rings (SSSR count). The first-order chi connectivity index (χ1) is 14.3. The van der Waals surface area contributed by atoms with Gasteiger partial charge in [-0.25, -0.2) is 4.68 Å². The summed E-state index contributed by atoms with van der Waals surface area (Å²) in [5.74, 6) is -0.663. The Labute approximate surface area is 172 Å². The molecule has 1 aliphatic rings. The lowest BCUT2D eigenvalue weighted by Crippen LogP contribution is -2.31. The number of nitrogens with one attached hydrogen (secondary N) is 1. The molecule has 1 amide bonds. The summed E-state index contributed by atoms with van der Waals surface area (Å²) in [5.41, 5.74) is 2.06. The van der Waals surface area contributed by atoms with Crippen molar-refractivity contribution in [3.8, 4) is 5.69 Å². The molecular weight excluding hydrogens is 391 g/mol. The van der Waals surface area contributed by atoms with Crippen molar-refractivity contribution >= 4 is 5.91 Å². The molecule has 0 radical (unpaired) electrons. The van der Waals surface area contributed by atoms with Crippen LogP contribution in [0.25, 0.3) is 5.69 Å². The van der Waals surface area contributed by atoms with E-state index in [9.17, 15) is 18.0 Å². The Morgan fingerprint density at radius 2 is 1.90 bits per heavy atom. The third-order valence-corrected chi connectivity index (χ3v) is 5.56. The number of hydrogen-bond donors (Lipinski definition) is 1. The largest absolute Gasteiger partial charge is 0.434 e. The smallest absolute Gasteiger partial charge is 0.351 e. The van der Waals surface area contributed by atoms with Gasteiger partial charge in [-0.15, -0.1) is 0 Å². The number of halogens is 3. The highest BCUT2D eigenvalue weighted by Crippen LogP contribution is 2.34. The van der Waals surface area contributed by atoms with Crippen LogP contribution in [0.4, 0.5) is 13.2 Å². The molecule has 0 bridgehead atoms. The van der Waals surface area contributed by atoms with Crippen molar-refractivity contribution in [3.63, 3.8) is 0 Å². The van der Waals surface area contributed by atoms with Crippen LogP contribution in [0.1, 0.15) is 51.5 Å². The lowest BCUT2D eigenvalue weighted by atomic mass is 9.83. The quantitative estimate of drug-likeness (QED) is 0.651. The van der Waals surface area contributed by atoms with Gasteiger partial charge in [-0.1, -0.05) is 42.0 Å². The van der Waals surface area contributed by atoms with E-state index in [1.54, 1.807) is 24.3 Å². The highest BCUT2D eigenvalue weighted by atomic mass is 19.4. The van der Waals surface area contributed by atoms with Crippen LogP contribution in [-0.2, 0) is 12.6 Å². The van der Waals surface area contributed by atoms with E-state index < -0.39 is 23.3 Å². The van der Waals surface area contributed by atoms with Gasteiger partial charge in [-0.2, -0.15) is 18.3 Å². The third-order valence-electron chi connectivity index (χ3n) is 5.56. The Hall–Kier alpha value is -3.09. The fourth-order valence-electron chi connectivity index (χ4n) is 4.05. The third kappa shape index (κ3) is 3.97. The van der Waals surface area contributed by atoms with E-state index in [0.717, 1.165) is 41.3 Å². The maximum atomic E-state index is 13.8. The molecule has 0 aliphatic heterocycles. The number of fused-ring (bicyclic) bond motifs is 1. The van der Waals surface area contributed by atoms with Gasteiger partial charge in [-0.3, -0.25) is 4.79 Å². The Bertz CT molecular complexity index is 1050. The van der Waals surface area contributed by atoms with Crippen molar-refractivity contribution in [1.82, 2.24) is 15.1 Å². The lowest BCUT2D eigenvalue weighted by molar-refractivity contribution is -0.143. The molecule has 1 atom stereocenters. The number of carbonyl (C=O) groups is 1. The molecule has 156 valence electrons. The molecule has 1 heterocycles. The number of alkyl halides is 3. The highest BCUT2D eigenvalue weighted by molar-refractivity contribution is 5.95. The van der Waals surface area contributed by atoms with Gasteiger partial charge in [0.2, 0.25) is 0 Å². The van der Waals surface area contributed by atoms with Crippen molar-refractivity contribution < 1.29 is 18.0 Å². The Morgan fingerprint density at radius 3 is 2.63 bits per heavy atom. The molecule has 3 aromatic rings. The van der Waals surface area contributed by atoms with E-state index in [4.69, 9.17) is 0 Å².